The van der Waals surface area contributed by atoms with Gasteiger partial charge in [-0.15, -0.1) is 0 Å². The number of nitrogens with zero attached hydrogens (tertiary/aromatic N) is 3. The number of rotatable bonds is 4. The molecule has 0 atom stereocenters. The van der Waals surface area contributed by atoms with E-state index in [0.717, 1.165) is 11.4 Å². The molecule has 1 heterocycles. The van der Waals surface area contributed by atoms with E-state index in [1.54, 1.807) is 30.9 Å². The fraction of sp³-hybridized carbons (Fsp3) is 0.333. The van der Waals surface area contributed by atoms with Crippen LogP contribution < -0.4 is 0 Å². The smallest absolute Gasteiger partial charge is 0.347 e. The molecule has 8 heteroatoms. The third kappa shape index (κ3) is 4.34. The third-order valence-electron chi connectivity index (χ3n) is 2.62. The van der Waals surface area contributed by atoms with Crippen molar-refractivity contribution in [1.82, 2.24) is 4.90 Å². The van der Waals surface area contributed by atoms with E-state index in [1.807, 2.05) is 0 Å². The van der Waals surface area contributed by atoms with Crippen LogP contribution in [-0.4, -0.2) is 27.8 Å². The summed E-state index contributed by atoms with van der Waals surface area (Å²) < 4.78 is 15.0. The quantitative estimate of drug-likeness (QED) is 0.614. The van der Waals surface area contributed by atoms with Crippen LogP contribution in [-0.2, 0) is 9.09 Å². The molecule has 106 valence electrons. The maximum Gasteiger partial charge on any atom is 0.526 e. The standard InChI is InChI=1S/C12H14N3O4P/c1-9-7-11(12(13-3)14-4)8-10(2)15(9)5-6-19-20(16,17)18/h7-8H,5-6H2,1-2H3,(H2,16,17,18). The summed E-state index contributed by atoms with van der Waals surface area (Å²) >= 11 is 0. The van der Waals surface area contributed by atoms with Crippen LogP contribution in [0.15, 0.2) is 34.9 Å². The van der Waals surface area contributed by atoms with E-state index in [0.29, 0.717) is 5.57 Å². The van der Waals surface area contributed by atoms with Gasteiger partial charge in [-0.1, -0.05) is 0 Å². The molecule has 0 aromatic heterocycles. The molecule has 0 saturated carbocycles. The van der Waals surface area contributed by atoms with Gasteiger partial charge in [0.25, 0.3) is 0 Å². The van der Waals surface area contributed by atoms with Crippen LogP contribution in [0.3, 0.4) is 0 Å². The maximum atomic E-state index is 10.6. The molecule has 0 aromatic carbocycles. The van der Waals surface area contributed by atoms with E-state index in [-0.39, 0.29) is 19.0 Å². The molecule has 1 aliphatic heterocycles. The number of hydrogen-bond donors (Lipinski definition) is 2. The Balaban J connectivity index is 2.86. The summed E-state index contributed by atoms with van der Waals surface area (Å²) in [5.74, 6) is -0.00480. The van der Waals surface area contributed by atoms with Gasteiger partial charge in [0.05, 0.1) is 12.2 Å². The summed E-state index contributed by atoms with van der Waals surface area (Å²) in [7, 11) is -4.46. The van der Waals surface area contributed by atoms with Gasteiger partial charge in [-0.3, -0.25) is 4.52 Å². The number of allylic oxidation sites excluding steroid dienone is 5. The van der Waals surface area contributed by atoms with Crippen molar-refractivity contribution < 1.29 is 18.9 Å². The molecule has 0 bridgehead atoms. The van der Waals surface area contributed by atoms with Crippen LogP contribution in [0.2, 0.25) is 0 Å². The zero-order valence-electron chi connectivity index (χ0n) is 11.1. The van der Waals surface area contributed by atoms with Gasteiger partial charge >= 0.3 is 13.6 Å². The summed E-state index contributed by atoms with van der Waals surface area (Å²) in [6, 6.07) is 0. The van der Waals surface area contributed by atoms with Crippen LogP contribution in [0.1, 0.15) is 13.8 Å². The van der Waals surface area contributed by atoms with E-state index >= 15 is 0 Å². The first-order chi connectivity index (χ1) is 9.28. The van der Waals surface area contributed by atoms with Gasteiger partial charge < -0.3 is 14.7 Å². The topological polar surface area (TPSA) is 78.7 Å². The van der Waals surface area contributed by atoms with Crippen molar-refractivity contribution in [2.24, 2.45) is 0 Å². The number of phosphoric acid groups is 1. The second-order valence-electron chi connectivity index (χ2n) is 4.05. The molecule has 2 N–H and O–H groups in total. The Kier molecular flexibility index (Phi) is 5.26. The monoisotopic (exact) mass is 295 g/mol. The van der Waals surface area contributed by atoms with Gasteiger partial charge in [0.15, 0.2) is 0 Å². The summed E-state index contributed by atoms with van der Waals surface area (Å²) in [6.07, 6.45) is 3.38. The van der Waals surface area contributed by atoms with Crippen molar-refractivity contribution >= 4 is 7.82 Å². The Morgan fingerprint density at radius 2 is 1.80 bits per heavy atom. The minimum absolute atomic E-state index is 0.00480. The predicted octanol–water partition coefficient (Wildman–Crippen LogP) is 2.27. The fourth-order valence-electron chi connectivity index (χ4n) is 1.81. The van der Waals surface area contributed by atoms with Crippen LogP contribution in [0.4, 0.5) is 0 Å². The Bertz CT molecular complexity index is 578. The minimum Gasteiger partial charge on any atom is -0.347 e. The number of phosphoric ester groups is 1. The molecule has 20 heavy (non-hydrogen) atoms. The predicted molar refractivity (Wildman–Crippen MR) is 72.4 cm³/mol. The average Bonchev–Trinajstić information content (AvgIpc) is 2.33. The molecule has 0 aliphatic carbocycles. The molecule has 7 nitrogen and oxygen atoms in total. The highest BCUT2D eigenvalue weighted by Crippen LogP contribution is 2.35. The fourth-order valence-corrected chi connectivity index (χ4v) is 2.13. The molecule has 0 unspecified atom stereocenters. The molecule has 0 amide bonds. The highest BCUT2D eigenvalue weighted by molar-refractivity contribution is 7.46. The Morgan fingerprint density at radius 1 is 1.30 bits per heavy atom. The Morgan fingerprint density at radius 3 is 2.20 bits per heavy atom. The largest absolute Gasteiger partial charge is 0.526 e. The first kappa shape index (κ1) is 16.2. The van der Waals surface area contributed by atoms with Gasteiger partial charge in [-0.2, -0.15) is 9.69 Å². The van der Waals surface area contributed by atoms with Gasteiger partial charge in [0.2, 0.25) is 0 Å². The molecule has 0 aromatic rings. The van der Waals surface area contributed by atoms with Crippen molar-refractivity contribution in [2.45, 2.75) is 13.8 Å². The molecule has 0 spiro atoms. The summed E-state index contributed by atoms with van der Waals surface area (Å²) in [5, 5.41) is 0. The molecule has 1 rings (SSSR count). The maximum absolute atomic E-state index is 10.6. The van der Waals surface area contributed by atoms with E-state index < -0.39 is 7.82 Å². The van der Waals surface area contributed by atoms with Crippen LogP contribution in [0, 0.1) is 13.1 Å². The lowest BCUT2D eigenvalue weighted by Crippen LogP contribution is -2.26. The molecule has 1 aliphatic rings. The van der Waals surface area contributed by atoms with Crippen LogP contribution in [0.25, 0.3) is 9.69 Å². The number of hydrogen-bond acceptors (Lipinski definition) is 3. The molecular formula is C12H14N3O4P. The lowest BCUT2D eigenvalue weighted by molar-refractivity contribution is 0.182. The molecule has 0 radical (unpaired) electrons. The highest BCUT2D eigenvalue weighted by Gasteiger charge is 2.20. The van der Waals surface area contributed by atoms with Gasteiger partial charge in [0.1, 0.15) is 13.1 Å². The molecule has 0 saturated heterocycles. The van der Waals surface area contributed by atoms with Gasteiger partial charge in [-0.05, 0) is 26.0 Å². The molecule has 0 fully saturated rings. The van der Waals surface area contributed by atoms with Gasteiger partial charge in [-0.25, -0.2) is 4.57 Å². The Labute approximate surface area is 117 Å². The summed E-state index contributed by atoms with van der Waals surface area (Å²) in [6.45, 7) is 17.6. The first-order valence-corrected chi connectivity index (χ1v) is 7.15. The van der Waals surface area contributed by atoms with Crippen molar-refractivity contribution in [3.8, 4) is 0 Å². The van der Waals surface area contributed by atoms with E-state index in [9.17, 15) is 4.57 Å². The lowest BCUT2D eigenvalue weighted by atomic mass is 10.1. The van der Waals surface area contributed by atoms with Crippen molar-refractivity contribution in [3.63, 3.8) is 0 Å². The minimum atomic E-state index is -4.46. The first-order valence-electron chi connectivity index (χ1n) is 5.62. The van der Waals surface area contributed by atoms with E-state index in [4.69, 9.17) is 22.9 Å². The average molecular weight is 295 g/mol. The van der Waals surface area contributed by atoms with Crippen LogP contribution >= 0.6 is 7.82 Å². The van der Waals surface area contributed by atoms with Crippen molar-refractivity contribution in [2.75, 3.05) is 13.2 Å². The van der Waals surface area contributed by atoms with Crippen molar-refractivity contribution in [3.05, 3.63) is 57.8 Å². The van der Waals surface area contributed by atoms with E-state index in [2.05, 4.69) is 14.2 Å². The normalized spacial score (nSPS) is 15.1. The highest BCUT2D eigenvalue weighted by atomic mass is 31.2. The molecular weight excluding hydrogens is 281 g/mol. The zero-order valence-corrected chi connectivity index (χ0v) is 12.0. The Hall–Kier alpha value is -1.89. The third-order valence-corrected chi connectivity index (χ3v) is 3.14. The second kappa shape index (κ2) is 6.51. The SMILES string of the molecule is [C-]#[N+]C([N+]#[C-])=C1C=C(C)N(CCOP(=O)(O)O)C(C)=C1. The van der Waals surface area contributed by atoms with Crippen molar-refractivity contribution in [1.29, 1.82) is 0 Å². The summed E-state index contributed by atoms with van der Waals surface area (Å²) in [4.78, 5) is 25.4. The van der Waals surface area contributed by atoms with Crippen LogP contribution in [0.5, 0.6) is 0 Å². The second-order valence-corrected chi connectivity index (χ2v) is 5.29. The zero-order chi connectivity index (χ0) is 15.3. The lowest BCUT2D eigenvalue weighted by Gasteiger charge is -2.29. The van der Waals surface area contributed by atoms with E-state index in [1.165, 1.54) is 0 Å². The van der Waals surface area contributed by atoms with Gasteiger partial charge in [0, 0.05) is 17.9 Å². The summed E-state index contributed by atoms with van der Waals surface area (Å²) in [5.41, 5.74) is 2.09.